The van der Waals surface area contributed by atoms with Crippen molar-refractivity contribution in [3.63, 3.8) is 0 Å². The largest absolute Gasteiger partial charge is 0.417 e. The molecule has 1 atom stereocenters. The van der Waals surface area contributed by atoms with Gasteiger partial charge in [0.1, 0.15) is 0 Å². The van der Waals surface area contributed by atoms with E-state index >= 15 is 0 Å². The minimum atomic E-state index is -0.479. The van der Waals surface area contributed by atoms with Crippen LogP contribution in [0, 0.1) is 0 Å². The Morgan fingerprint density at radius 1 is 1.36 bits per heavy atom. The summed E-state index contributed by atoms with van der Waals surface area (Å²) >= 11 is 0. The third-order valence-electron chi connectivity index (χ3n) is 4.41. The van der Waals surface area contributed by atoms with E-state index in [9.17, 15) is 9.59 Å². The molecule has 1 aromatic carbocycles. The maximum Gasteiger partial charge on any atom is 0.344 e. The summed E-state index contributed by atoms with van der Waals surface area (Å²) in [6.07, 6.45) is 0.774. The van der Waals surface area contributed by atoms with Gasteiger partial charge in [-0.1, -0.05) is 25.1 Å². The van der Waals surface area contributed by atoms with Crippen LogP contribution in [-0.2, 0) is 4.74 Å². The molecule has 1 aromatic heterocycles. The number of benzene rings is 1. The third kappa shape index (κ3) is 2.41. The van der Waals surface area contributed by atoms with Gasteiger partial charge in [-0.3, -0.25) is 4.79 Å². The Morgan fingerprint density at radius 3 is 2.91 bits per heavy atom. The van der Waals surface area contributed by atoms with E-state index in [1.54, 1.807) is 29.2 Å². The number of amides is 1. The highest BCUT2D eigenvalue weighted by Gasteiger charge is 2.38. The topological polar surface area (TPSA) is 59.8 Å². The second-order valence-electron chi connectivity index (χ2n) is 5.85. The Kier molecular flexibility index (Phi) is 3.74. The first-order valence-electron chi connectivity index (χ1n) is 7.48. The molecule has 116 valence electrons. The highest BCUT2D eigenvalue weighted by atomic mass is 16.5. The second-order valence-corrected chi connectivity index (χ2v) is 5.85. The molecule has 1 saturated heterocycles. The molecule has 0 bridgehead atoms. The molecule has 1 aliphatic heterocycles. The van der Waals surface area contributed by atoms with E-state index in [1.807, 2.05) is 19.9 Å². The van der Waals surface area contributed by atoms with Crippen molar-refractivity contribution in [3.05, 3.63) is 46.5 Å². The van der Waals surface area contributed by atoms with Crippen molar-refractivity contribution in [3.8, 4) is 0 Å². The van der Waals surface area contributed by atoms with Crippen LogP contribution in [0.5, 0.6) is 0 Å². The minimum Gasteiger partial charge on any atom is -0.417 e. The minimum absolute atomic E-state index is 0.0882. The number of morpholine rings is 1. The average Bonchev–Trinajstić information content (AvgIpc) is 2.54. The van der Waals surface area contributed by atoms with Crippen molar-refractivity contribution in [2.45, 2.75) is 25.8 Å². The molecular weight excluding hydrogens is 282 g/mol. The second kappa shape index (κ2) is 5.57. The van der Waals surface area contributed by atoms with Gasteiger partial charge >= 0.3 is 5.63 Å². The molecule has 1 unspecified atom stereocenters. The summed E-state index contributed by atoms with van der Waals surface area (Å²) in [5.41, 5.74) is -0.854. The molecule has 3 rings (SSSR count). The fraction of sp³-hybridized carbons (Fsp3) is 0.412. The van der Waals surface area contributed by atoms with Crippen LogP contribution in [0.3, 0.4) is 0 Å². The van der Waals surface area contributed by atoms with E-state index in [-0.39, 0.29) is 17.2 Å². The number of hydrogen-bond acceptors (Lipinski definition) is 4. The smallest absolute Gasteiger partial charge is 0.344 e. The van der Waals surface area contributed by atoms with Crippen molar-refractivity contribution in [1.82, 2.24) is 4.90 Å². The molecule has 0 radical (unpaired) electrons. The van der Waals surface area contributed by atoms with Crippen molar-refractivity contribution in [1.29, 1.82) is 0 Å². The van der Waals surface area contributed by atoms with E-state index in [0.29, 0.717) is 30.5 Å². The summed E-state index contributed by atoms with van der Waals surface area (Å²) in [5.74, 6) is -0.166. The molecule has 5 nitrogen and oxygen atoms in total. The van der Waals surface area contributed by atoms with E-state index in [1.165, 1.54) is 0 Å². The van der Waals surface area contributed by atoms with Gasteiger partial charge in [-0.25, -0.2) is 4.79 Å². The predicted molar refractivity (Wildman–Crippen MR) is 83.0 cm³/mol. The summed E-state index contributed by atoms with van der Waals surface area (Å²) in [7, 11) is 0. The molecule has 2 heterocycles. The molecule has 1 fully saturated rings. The fourth-order valence-electron chi connectivity index (χ4n) is 2.81. The van der Waals surface area contributed by atoms with Gasteiger partial charge in [0.25, 0.3) is 5.91 Å². The molecule has 0 N–H and O–H groups in total. The van der Waals surface area contributed by atoms with Crippen LogP contribution in [0.2, 0.25) is 0 Å². The highest BCUT2D eigenvalue weighted by Crippen LogP contribution is 2.25. The van der Waals surface area contributed by atoms with Crippen LogP contribution >= 0.6 is 0 Å². The van der Waals surface area contributed by atoms with Crippen LogP contribution in [-0.4, -0.2) is 36.1 Å². The maximum atomic E-state index is 12.8. The normalized spacial score (nSPS) is 22.0. The van der Waals surface area contributed by atoms with E-state index in [2.05, 4.69) is 0 Å². The average molecular weight is 301 g/mol. The van der Waals surface area contributed by atoms with Gasteiger partial charge in [0.15, 0.2) is 5.76 Å². The summed E-state index contributed by atoms with van der Waals surface area (Å²) in [6, 6.07) is 8.75. The lowest BCUT2D eigenvalue weighted by Gasteiger charge is -2.43. The third-order valence-corrected chi connectivity index (χ3v) is 4.41. The molecular formula is C17H19NO4. The molecule has 2 aromatic rings. The van der Waals surface area contributed by atoms with Crippen molar-refractivity contribution in [2.75, 3.05) is 19.8 Å². The zero-order valence-electron chi connectivity index (χ0n) is 12.8. The molecule has 1 aliphatic rings. The lowest BCUT2D eigenvalue weighted by molar-refractivity contribution is -0.0478. The Bertz CT molecular complexity index is 767. The molecule has 0 aliphatic carbocycles. The Balaban J connectivity index is 2.03. The van der Waals surface area contributed by atoms with Crippen LogP contribution in [0.25, 0.3) is 10.8 Å². The zero-order valence-corrected chi connectivity index (χ0v) is 12.8. The van der Waals surface area contributed by atoms with Crippen LogP contribution in [0.15, 0.2) is 39.5 Å². The van der Waals surface area contributed by atoms with Gasteiger partial charge in [-0.05, 0) is 30.9 Å². The molecule has 0 spiro atoms. The lowest BCUT2D eigenvalue weighted by Crippen LogP contribution is -2.57. The molecule has 1 amide bonds. The monoisotopic (exact) mass is 301 g/mol. The van der Waals surface area contributed by atoms with Crippen LogP contribution in [0.1, 0.15) is 30.8 Å². The number of fused-ring (bicyclic) bond motifs is 1. The van der Waals surface area contributed by atoms with Crippen molar-refractivity contribution in [2.24, 2.45) is 0 Å². The first-order chi connectivity index (χ1) is 10.5. The predicted octanol–water partition coefficient (Wildman–Crippen LogP) is 2.43. The van der Waals surface area contributed by atoms with Gasteiger partial charge in [0.05, 0.1) is 24.1 Å². The lowest BCUT2D eigenvalue weighted by atomic mass is 9.95. The zero-order chi connectivity index (χ0) is 15.7. The van der Waals surface area contributed by atoms with E-state index < -0.39 is 5.63 Å². The number of carbonyl (C=O) groups excluding carboxylic acids is 1. The standard InChI is InChI=1S/C17H19NO4/c1-3-17(2)11-21-9-8-18(17)15(19)14-10-12-6-4-5-7-13(12)16(20)22-14/h4-7,10H,3,8-9,11H2,1-2H3. The van der Waals surface area contributed by atoms with E-state index in [0.717, 1.165) is 6.42 Å². The first kappa shape index (κ1) is 14.8. The van der Waals surface area contributed by atoms with Gasteiger partial charge < -0.3 is 14.1 Å². The first-order valence-corrected chi connectivity index (χ1v) is 7.48. The van der Waals surface area contributed by atoms with Crippen molar-refractivity contribution >= 4 is 16.7 Å². The van der Waals surface area contributed by atoms with Crippen LogP contribution < -0.4 is 5.63 Å². The van der Waals surface area contributed by atoms with Gasteiger partial charge in [0, 0.05) is 6.54 Å². The fourth-order valence-corrected chi connectivity index (χ4v) is 2.81. The molecule has 0 saturated carbocycles. The molecule has 5 heteroatoms. The summed E-state index contributed by atoms with van der Waals surface area (Å²) < 4.78 is 10.8. The molecule has 22 heavy (non-hydrogen) atoms. The number of carbonyl (C=O) groups is 1. The van der Waals surface area contributed by atoms with Gasteiger partial charge in [-0.15, -0.1) is 0 Å². The Labute approximate surface area is 128 Å². The van der Waals surface area contributed by atoms with Crippen molar-refractivity contribution < 1.29 is 13.9 Å². The highest BCUT2D eigenvalue weighted by molar-refractivity contribution is 5.95. The van der Waals surface area contributed by atoms with Gasteiger partial charge in [0.2, 0.25) is 0 Å². The number of nitrogens with zero attached hydrogens (tertiary/aromatic N) is 1. The number of hydrogen-bond donors (Lipinski definition) is 0. The quantitative estimate of drug-likeness (QED) is 0.855. The summed E-state index contributed by atoms with van der Waals surface area (Å²) in [4.78, 5) is 26.6. The number of rotatable bonds is 2. The summed E-state index contributed by atoms with van der Waals surface area (Å²) in [5, 5.41) is 1.20. The van der Waals surface area contributed by atoms with Crippen LogP contribution in [0.4, 0.5) is 0 Å². The van der Waals surface area contributed by atoms with E-state index in [4.69, 9.17) is 9.15 Å². The summed E-state index contributed by atoms with van der Waals surface area (Å²) in [6.45, 7) is 5.50. The van der Waals surface area contributed by atoms with Gasteiger partial charge in [-0.2, -0.15) is 0 Å². The maximum absolute atomic E-state index is 12.8. The SMILES string of the molecule is CCC1(C)COCCN1C(=O)c1cc2ccccc2c(=O)o1. The number of ether oxygens (including phenoxy) is 1. The Hall–Kier alpha value is -2.14. The Morgan fingerprint density at radius 2 is 2.14 bits per heavy atom.